The van der Waals surface area contributed by atoms with Crippen LogP contribution >= 0.6 is 0 Å². The third kappa shape index (κ3) is 3.31. The topological polar surface area (TPSA) is 58.0 Å². The van der Waals surface area contributed by atoms with Crippen LogP contribution in [0.15, 0.2) is 23.5 Å². The highest BCUT2D eigenvalue weighted by molar-refractivity contribution is 5.85. The predicted molar refractivity (Wildman–Crippen MR) is 85.8 cm³/mol. The first kappa shape index (κ1) is 15.4. The lowest BCUT2D eigenvalue weighted by atomic mass is 9.87. The molecule has 1 saturated heterocycles. The van der Waals surface area contributed by atoms with Crippen LogP contribution < -0.4 is 0 Å². The minimum absolute atomic E-state index is 0.179. The molecule has 120 valence electrons. The van der Waals surface area contributed by atoms with Crippen molar-refractivity contribution in [1.82, 2.24) is 9.88 Å². The molecule has 2 aliphatic rings. The summed E-state index contributed by atoms with van der Waals surface area (Å²) >= 11 is 0. The normalized spacial score (nSPS) is 24.9. The Morgan fingerprint density at radius 1 is 1.36 bits per heavy atom. The molecule has 0 saturated carbocycles. The highest BCUT2D eigenvalue weighted by Gasteiger charge is 2.36. The Labute approximate surface area is 132 Å². The van der Waals surface area contributed by atoms with Crippen molar-refractivity contribution in [2.45, 2.75) is 51.2 Å². The van der Waals surface area contributed by atoms with E-state index in [0.29, 0.717) is 0 Å². The van der Waals surface area contributed by atoms with Crippen LogP contribution in [0.5, 0.6) is 0 Å². The van der Waals surface area contributed by atoms with Crippen molar-refractivity contribution in [1.29, 1.82) is 0 Å². The molecule has 1 atom stereocenters. The Balaban J connectivity index is 1.53. The maximum absolute atomic E-state index is 10.8. The smallest absolute Gasteiger partial charge is 0.145 e. The predicted octanol–water partition coefficient (Wildman–Crippen LogP) is 2.23. The lowest BCUT2D eigenvalue weighted by Crippen LogP contribution is -2.45. The molecule has 0 bridgehead atoms. The van der Waals surface area contributed by atoms with Crippen LogP contribution in [0.4, 0.5) is 0 Å². The number of oxime groups is 1. The zero-order valence-corrected chi connectivity index (χ0v) is 13.5. The van der Waals surface area contributed by atoms with Gasteiger partial charge in [-0.2, -0.15) is 0 Å². The molecule has 0 aromatic carbocycles. The lowest BCUT2D eigenvalue weighted by Gasteiger charge is -2.38. The second kappa shape index (κ2) is 6.34. The number of piperidine rings is 1. The van der Waals surface area contributed by atoms with E-state index in [1.54, 1.807) is 0 Å². The molecule has 22 heavy (non-hydrogen) atoms. The largest absolute Gasteiger partial charge is 0.391 e. The highest BCUT2D eigenvalue weighted by atomic mass is 16.6. The maximum atomic E-state index is 10.8. The van der Waals surface area contributed by atoms with Gasteiger partial charge < -0.3 is 9.94 Å². The van der Waals surface area contributed by atoms with E-state index < -0.39 is 5.60 Å². The van der Waals surface area contributed by atoms with Gasteiger partial charge in [0.15, 0.2) is 0 Å². The second-order valence-corrected chi connectivity index (χ2v) is 6.50. The van der Waals surface area contributed by atoms with Crippen LogP contribution in [0.1, 0.15) is 43.9 Å². The Morgan fingerprint density at radius 2 is 2.14 bits per heavy atom. The number of hydrogen-bond acceptors (Lipinski definition) is 5. The average Bonchev–Trinajstić information content (AvgIpc) is 2.98. The first-order chi connectivity index (χ1) is 10.6. The van der Waals surface area contributed by atoms with Gasteiger partial charge in [-0.05, 0) is 37.8 Å². The molecule has 0 spiro atoms. The van der Waals surface area contributed by atoms with Crippen LogP contribution in [0.3, 0.4) is 0 Å². The van der Waals surface area contributed by atoms with Crippen LogP contribution in [-0.2, 0) is 10.4 Å². The number of rotatable bonds is 4. The molecule has 1 aromatic rings. The molecule has 5 nitrogen and oxygen atoms in total. The molecule has 2 aliphatic heterocycles. The van der Waals surface area contributed by atoms with E-state index in [-0.39, 0.29) is 6.10 Å². The Morgan fingerprint density at radius 3 is 2.73 bits per heavy atom. The second-order valence-electron chi connectivity index (χ2n) is 6.50. The number of pyridine rings is 1. The molecule has 1 fully saturated rings. The summed E-state index contributed by atoms with van der Waals surface area (Å²) in [6.07, 6.45) is 5.36. The van der Waals surface area contributed by atoms with Gasteiger partial charge in [-0.3, -0.25) is 9.88 Å². The lowest BCUT2D eigenvalue weighted by molar-refractivity contribution is -0.0413. The summed E-state index contributed by atoms with van der Waals surface area (Å²) in [6, 6.07) is 3.97. The molecule has 3 rings (SSSR count). The van der Waals surface area contributed by atoms with Crippen molar-refractivity contribution in [3.63, 3.8) is 0 Å². The Bertz CT molecular complexity index is 533. The number of hydrogen-bond donors (Lipinski definition) is 1. The molecule has 0 unspecified atom stereocenters. The number of aromatic nitrogens is 1. The number of aryl methyl sites for hydroxylation is 1. The van der Waals surface area contributed by atoms with Gasteiger partial charge >= 0.3 is 0 Å². The molecule has 1 aromatic heterocycles. The van der Waals surface area contributed by atoms with Gasteiger partial charge in [-0.1, -0.05) is 18.1 Å². The van der Waals surface area contributed by atoms with Gasteiger partial charge in [0, 0.05) is 32.3 Å². The molecule has 1 N–H and O–H groups in total. The SMILES string of the molecule is CCC1=NO[C@@H](CN2CCC(O)(c3ccc(C)cn3)CC2)C1. The van der Waals surface area contributed by atoms with Gasteiger partial charge in [-0.25, -0.2) is 0 Å². The fourth-order valence-electron chi connectivity index (χ4n) is 3.19. The number of aliphatic hydroxyl groups is 1. The summed E-state index contributed by atoms with van der Waals surface area (Å²) in [5.41, 5.74) is 2.29. The highest BCUT2D eigenvalue weighted by Crippen LogP contribution is 2.32. The molecule has 0 aliphatic carbocycles. The first-order valence-electron chi connectivity index (χ1n) is 8.18. The van der Waals surface area contributed by atoms with Gasteiger partial charge in [0.25, 0.3) is 0 Å². The van der Waals surface area contributed by atoms with E-state index >= 15 is 0 Å². The minimum Gasteiger partial charge on any atom is -0.391 e. The van der Waals surface area contributed by atoms with E-state index in [1.807, 2.05) is 25.3 Å². The molecule has 0 amide bonds. The average molecular weight is 303 g/mol. The van der Waals surface area contributed by atoms with E-state index in [4.69, 9.17) is 4.84 Å². The van der Waals surface area contributed by atoms with E-state index in [9.17, 15) is 5.11 Å². The van der Waals surface area contributed by atoms with E-state index in [0.717, 1.165) is 62.3 Å². The summed E-state index contributed by atoms with van der Waals surface area (Å²) in [5, 5.41) is 15.0. The van der Waals surface area contributed by atoms with E-state index in [2.05, 4.69) is 22.0 Å². The van der Waals surface area contributed by atoms with Crippen LogP contribution in [0.2, 0.25) is 0 Å². The summed E-state index contributed by atoms with van der Waals surface area (Å²) in [4.78, 5) is 12.3. The monoisotopic (exact) mass is 303 g/mol. The third-order valence-electron chi connectivity index (χ3n) is 4.74. The Kier molecular flexibility index (Phi) is 4.45. The van der Waals surface area contributed by atoms with E-state index in [1.165, 1.54) is 0 Å². The van der Waals surface area contributed by atoms with Gasteiger partial charge in [0.1, 0.15) is 11.7 Å². The van der Waals surface area contributed by atoms with Gasteiger partial charge in [0.05, 0.1) is 11.4 Å². The molecule has 5 heteroatoms. The molecule has 3 heterocycles. The summed E-state index contributed by atoms with van der Waals surface area (Å²) < 4.78 is 0. The fraction of sp³-hybridized carbons (Fsp3) is 0.647. The van der Waals surface area contributed by atoms with Crippen LogP contribution in [-0.4, -0.2) is 46.4 Å². The zero-order valence-electron chi connectivity index (χ0n) is 13.5. The minimum atomic E-state index is -0.786. The molecular weight excluding hydrogens is 278 g/mol. The molecular formula is C17H25N3O2. The zero-order chi connectivity index (χ0) is 15.6. The van der Waals surface area contributed by atoms with Crippen molar-refractivity contribution in [3.05, 3.63) is 29.6 Å². The summed E-state index contributed by atoms with van der Waals surface area (Å²) in [6.45, 7) is 6.75. The fourth-order valence-corrected chi connectivity index (χ4v) is 3.19. The van der Waals surface area contributed by atoms with Crippen molar-refractivity contribution in [2.24, 2.45) is 5.16 Å². The number of likely N-dealkylation sites (tertiary alicyclic amines) is 1. The molecule has 0 radical (unpaired) electrons. The first-order valence-corrected chi connectivity index (χ1v) is 8.18. The van der Waals surface area contributed by atoms with Gasteiger partial charge in [0.2, 0.25) is 0 Å². The standard InChI is InChI=1S/C17H25N3O2/c1-3-14-10-15(22-19-14)12-20-8-6-17(21,7-9-20)16-5-4-13(2)11-18-16/h4-5,11,15,21H,3,6-10,12H2,1-2H3/t15-/m1/s1. The Hall–Kier alpha value is -1.46. The van der Waals surface area contributed by atoms with Crippen molar-refractivity contribution >= 4 is 5.71 Å². The van der Waals surface area contributed by atoms with Crippen LogP contribution in [0.25, 0.3) is 0 Å². The van der Waals surface area contributed by atoms with Crippen molar-refractivity contribution in [2.75, 3.05) is 19.6 Å². The third-order valence-corrected chi connectivity index (χ3v) is 4.74. The summed E-state index contributed by atoms with van der Waals surface area (Å²) in [7, 11) is 0. The van der Waals surface area contributed by atoms with Crippen molar-refractivity contribution in [3.8, 4) is 0 Å². The van der Waals surface area contributed by atoms with Crippen molar-refractivity contribution < 1.29 is 9.94 Å². The van der Waals surface area contributed by atoms with Crippen LogP contribution in [0, 0.1) is 6.92 Å². The quantitative estimate of drug-likeness (QED) is 0.926. The maximum Gasteiger partial charge on any atom is 0.145 e. The number of nitrogens with zero attached hydrogens (tertiary/aromatic N) is 3. The summed E-state index contributed by atoms with van der Waals surface area (Å²) in [5.74, 6) is 0. The van der Waals surface area contributed by atoms with Gasteiger partial charge in [-0.15, -0.1) is 0 Å².